The van der Waals surface area contributed by atoms with E-state index in [4.69, 9.17) is 11.6 Å². The van der Waals surface area contributed by atoms with Gasteiger partial charge in [-0.2, -0.15) is 0 Å². The maximum Gasteiger partial charge on any atom is 0.134 e. The van der Waals surface area contributed by atoms with Crippen LogP contribution in [0.2, 0.25) is 5.15 Å². The fourth-order valence-electron chi connectivity index (χ4n) is 0.851. The molecule has 0 aliphatic rings. The summed E-state index contributed by atoms with van der Waals surface area (Å²) in [4.78, 5) is 7.91. The van der Waals surface area contributed by atoms with Crippen molar-refractivity contribution in [3.05, 3.63) is 17.5 Å². The lowest BCUT2D eigenvalue weighted by Crippen LogP contribution is -2.31. The van der Waals surface area contributed by atoms with E-state index < -0.39 is 0 Å². The Hall–Kier alpha value is -0.830. The standard InChI is InChI=1S/C10H16ClN3/c1-7(10(2,3)4)14-9-5-8(11)12-6-13-9/h5-7H,1-4H3,(H,12,13,14). The minimum Gasteiger partial charge on any atom is -0.367 e. The number of rotatable bonds is 2. The average molecular weight is 214 g/mol. The maximum absolute atomic E-state index is 5.75. The van der Waals surface area contributed by atoms with Crippen molar-refractivity contribution in [1.82, 2.24) is 9.97 Å². The van der Waals surface area contributed by atoms with Crippen molar-refractivity contribution in [3.8, 4) is 0 Å². The van der Waals surface area contributed by atoms with Crippen molar-refractivity contribution < 1.29 is 0 Å². The van der Waals surface area contributed by atoms with Crippen LogP contribution in [0, 0.1) is 5.41 Å². The molecule has 14 heavy (non-hydrogen) atoms. The first-order valence-electron chi connectivity index (χ1n) is 4.63. The number of aromatic nitrogens is 2. The minimum atomic E-state index is 0.192. The maximum atomic E-state index is 5.75. The summed E-state index contributed by atoms with van der Waals surface area (Å²) in [6, 6.07) is 2.05. The molecule has 78 valence electrons. The van der Waals surface area contributed by atoms with Crippen molar-refractivity contribution >= 4 is 17.4 Å². The summed E-state index contributed by atoms with van der Waals surface area (Å²) in [5.74, 6) is 0.771. The lowest BCUT2D eigenvalue weighted by Gasteiger charge is -2.28. The van der Waals surface area contributed by atoms with Crippen LogP contribution in [0.1, 0.15) is 27.7 Å². The lowest BCUT2D eigenvalue weighted by atomic mass is 9.88. The van der Waals surface area contributed by atoms with E-state index in [1.165, 1.54) is 6.33 Å². The summed E-state index contributed by atoms with van der Waals surface area (Å²) in [6.45, 7) is 8.64. The zero-order valence-corrected chi connectivity index (χ0v) is 9.76. The molecule has 3 nitrogen and oxygen atoms in total. The second-order valence-corrected chi connectivity index (χ2v) is 4.85. The van der Waals surface area contributed by atoms with E-state index in [0.29, 0.717) is 11.2 Å². The molecule has 1 aromatic rings. The minimum absolute atomic E-state index is 0.192. The van der Waals surface area contributed by atoms with Crippen molar-refractivity contribution in [2.75, 3.05) is 5.32 Å². The van der Waals surface area contributed by atoms with Gasteiger partial charge in [0.05, 0.1) is 0 Å². The molecule has 0 aliphatic carbocycles. The highest BCUT2D eigenvalue weighted by molar-refractivity contribution is 6.29. The third kappa shape index (κ3) is 3.14. The highest BCUT2D eigenvalue weighted by atomic mass is 35.5. The molecule has 0 radical (unpaired) electrons. The largest absolute Gasteiger partial charge is 0.367 e. The summed E-state index contributed by atoms with van der Waals surface area (Å²) in [6.07, 6.45) is 1.46. The molecule has 0 saturated carbocycles. The zero-order chi connectivity index (χ0) is 10.8. The van der Waals surface area contributed by atoms with E-state index >= 15 is 0 Å². The summed E-state index contributed by atoms with van der Waals surface area (Å²) in [7, 11) is 0. The van der Waals surface area contributed by atoms with Crippen LogP contribution in [-0.2, 0) is 0 Å². The predicted octanol–water partition coefficient (Wildman–Crippen LogP) is 2.98. The molecule has 1 aromatic heterocycles. The Balaban J connectivity index is 2.70. The van der Waals surface area contributed by atoms with Crippen molar-refractivity contribution in [2.45, 2.75) is 33.7 Å². The normalized spacial score (nSPS) is 13.8. The predicted molar refractivity (Wildman–Crippen MR) is 59.6 cm³/mol. The molecule has 4 heteroatoms. The van der Waals surface area contributed by atoms with Gasteiger partial charge in [-0.1, -0.05) is 32.4 Å². The summed E-state index contributed by atoms with van der Waals surface area (Å²) in [5.41, 5.74) is 0.192. The highest BCUT2D eigenvalue weighted by Crippen LogP contribution is 2.22. The molecule has 1 atom stereocenters. The van der Waals surface area contributed by atoms with Crippen LogP contribution in [0.15, 0.2) is 12.4 Å². The Bertz CT molecular complexity index is 306. The number of anilines is 1. The van der Waals surface area contributed by atoms with E-state index in [0.717, 1.165) is 5.82 Å². The van der Waals surface area contributed by atoms with Crippen LogP contribution in [0.4, 0.5) is 5.82 Å². The highest BCUT2D eigenvalue weighted by Gasteiger charge is 2.19. The molecule has 0 amide bonds. The van der Waals surface area contributed by atoms with Gasteiger partial charge in [-0.25, -0.2) is 9.97 Å². The Morgan fingerprint density at radius 2 is 2.00 bits per heavy atom. The quantitative estimate of drug-likeness (QED) is 0.768. The van der Waals surface area contributed by atoms with E-state index in [-0.39, 0.29) is 5.41 Å². The van der Waals surface area contributed by atoms with E-state index in [2.05, 4.69) is 43.0 Å². The van der Waals surface area contributed by atoms with Gasteiger partial charge in [0.25, 0.3) is 0 Å². The summed E-state index contributed by atoms with van der Waals surface area (Å²) >= 11 is 5.75. The topological polar surface area (TPSA) is 37.8 Å². The molecule has 0 fully saturated rings. The first kappa shape index (κ1) is 11.2. The van der Waals surface area contributed by atoms with Gasteiger partial charge in [-0.15, -0.1) is 0 Å². The summed E-state index contributed by atoms with van der Waals surface area (Å²) in [5, 5.41) is 3.75. The molecule has 0 aliphatic heterocycles. The Morgan fingerprint density at radius 1 is 1.36 bits per heavy atom. The molecule has 1 unspecified atom stereocenters. The molecule has 0 spiro atoms. The molecule has 0 bridgehead atoms. The van der Waals surface area contributed by atoms with Gasteiger partial charge in [0, 0.05) is 12.1 Å². The van der Waals surface area contributed by atoms with Gasteiger partial charge >= 0.3 is 0 Å². The number of hydrogen-bond donors (Lipinski definition) is 1. The second-order valence-electron chi connectivity index (χ2n) is 4.46. The van der Waals surface area contributed by atoms with E-state index in [1.807, 2.05) is 0 Å². The molecule has 1 heterocycles. The van der Waals surface area contributed by atoms with Crippen LogP contribution in [0.5, 0.6) is 0 Å². The average Bonchev–Trinajstić information content (AvgIpc) is 2.02. The van der Waals surface area contributed by atoms with Gasteiger partial charge in [-0.05, 0) is 12.3 Å². The number of hydrogen-bond acceptors (Lipinski definition) is 3. The Kier molecular flexibility index (Phi) is 3.32. The Labute approximate surface area is 89.9 Å². The van der Waals surface area contributed by atoms with Crippen molar-refractivity contribution in [2.24, 2.45) is 5.41 Å². The first-order chi connectivity index (χ1) is 6.39. The van der Waals surface area contributed by atoms with Gasteiger partial charge in [0.2, 0.25) is 0 Å². The fraction of sp³-hybridized carbons (Fsp3) is 0.600. The van der Waals surface area contributed by atoms with Crippen molar-refractivity contribution in [1.29, 1.82) is 0 Å². The monoisotopic (exact) mass is 213 g/mol. The van der Waals surface area contributed by atoms with Gasteiger partial charge in [0.15, 0.2) is 0 Å². The smallest absolute Gasteiger partial charge is 0.134 e. The van der Waals surface area contributed by atoms with Crippen LogP contribution in [0.25, 0.3) is 0 Å². The second kappa shape index (κ2) is 4.13. The zero-order valence-electron chi connectivity index (χ0n) is 9.00. The van der Waals surface area contributed by atoms with Crippen molar-refractivity contribution in [3.63, 3.8) is 0 Å². The third-order valence-electron chi connectivity index (χ3n) is 2.30. The van der Waals surface area contributed by atoms with Gasteiger partial charge in [0.1, 0.15) is 17.3 Å². The van der Waals surface area contributed by atoms with Crippen LogP contribution in [0.3, 0.4) is 0 Å². The molecular formula is C10H16ClN3. The van der Waals surface area contributed by atoms with Crippen LogP contribution in [-0.4, -0.2) is 16.0 Å². The lowest BCUT2D eigenvalue weighted by molar-refractivity contribution is 0.358. The molecular weight excluding hydrogens is 198 g/mol. The SMILES string of the molecule is CC(Nc1cc(Cl)ncn1)C(C)(C)C. The molecule has 0 aromatic carbocycles. The Morgan fingerprint density at radius 3 is 2.50 bits per heavy atom. The molecule has 1 rings (SSSR count). The van der Waals surface area contributed by atoms with Gasteiger partial charge < -0.3 is 5.32 Å². The third-order valence-corrected chi connectivity index (χ3v) is 2.50. The number of halogens is 1. The van der Waals surface area contributed by atoms with Gasteiger partial charge in [-0.3, -0.25) is 0 Å². The fourth-order valence-corrected chi connectivity index (χ4v) is 0.998. The van der Waals surface area contributed by atoms with Crippen LogP contribution >= 0.6 is 11.6 Å². The summed E-state index contributed by atoms with van der Waals surface area (Å²) < 4.78 is 0. The van der Waals surface area contributed by atoms with E-state index in [9.17, 15) is 0 Å². The number of nitrogens with one attached hydrogen (secondary N) is 1. The van der Waals surface area contributed by atoms with E-state index in [1.54, 1.807) is 6.07 Å². The molecule has 0 saturated heterocycles. The first-order valence-corrected chi connectivity index (χ1v) is 5.01. The van der Waals surface area contributed by atoms with Crippen LogP contribution < -0.4 is 5.32 Å². The number of nitrogens with zero attached hydrogens (tertiary/aromatic N) is 2. The molecule has 1 N–H and O–H groups in total.